The van der Waals surface area contributed by atoms with E-state index in [1.807, 2.05) is 0 Å². The number of halogens is 6. The Morgan fingerprint density at radius 3 is 2.20 bits per heavy atom. The minimum absolute atomic E-state index is 0.123. The van der Waals surface area contributed by atoms with Gasteiger partial charge in [-0.1, -0.05) is 5.46 Å². The van der Waals surface area contributed by atoms with Gasteiger partial charge in [0.2, 0.25) is 0 Å². The van der Waals surface area contributed by atoms with Crippen molar-refractivity contribution in [1.82, 2.24) is 0 Å². The highest BCUT2D eigenvalue weighted by molar-refractivity contribution is 6.74. The van der Waals surface area contributed by atoms with Gasteiger partial charge in [0.1, 0.15) is 5.82 Å². The molecule has 0 fully saturated rings. The lowest BCUT2D eigenvalue weighted by atomic mass is 9.79. The lowest BCUT2D eigenvalue weighted by Gasteiger charge is -2.19. The summed E-state index contributed by atoms with van der Waals surface area (Å²) in [6.45, 7) is -8.97. The third kappa shape index (κ3) is 3.07. The fourth-order valence-electron chi connectivity index (χ4n) is 0.978. The molecule has 0 amide bonds. The van der Waals surface area contributed by atoms with E-state index in [1.54, 1.807) is 0 Å². The number of alkyl halides is 2. The summed E-state index contributed by atoms with van der Waals surface area (Å²) in [6.07, 6.45) is 0. The van der Waals surface area contributed by atoms with Gasteiger partial charge >= 0.3 is 13.6 Å². The molecule has 0 saturated carbocycles. The molecule has 0 heterocycles. The van der Waals surface area contributed by atoms with E-state index in [-0.39, 0.29) is 6.07 Å². The predicted octanol–water partition coefficient (Wildman–Crippen LogP) is 2.48. The first-order valence-corrected chi connectivity index (χ1v) is 3.75. The third-order valence-corrected chi connectivity index (χ3v) is 1.54. The van der Waals surface area contributed by atoms with Crippen LogP contribution in [0, 0.1) is 5.82 Å². The smallest absolute Gasteiger partial charge is 0.445 e. The summed E-state index contributed by atoms with van der Waals surface area (Å²) in [6, 6.07) is 1.26. The van der Waals surface area contributed by atoms with Crippen LogP contribution in [-0.2, 0) is 0 Å². The van der Waals surface area contributed by atoms with Gasteiger partial charge in [0.25, 0.3) is 0 Å². The zero-order valence-corrected chi connectivity index (χ0v) is 7.06. The van der Waals surface area contributed by atoms with Crippen LogP contribution in [0.25, 0.3) is 0 Å². The molecular weight excluding hydrogens is 225 g/mol. The van der Waals surface area contributed by atoms with Gasteiger partial charge in [0, 0.05) is 0 Å². The molecule has 84 valence electrons. The quantitative estimate of drug-likeness (QED) is 0.571. The molecule has 0 aliphatic heterocycles. The Morgan fingerprint density at radius 1 is 1.13 bits per heavy atom. The highest BCUT2D eigenvalue weighted by Gasteiger charge is 2.30. The van der Waals surface area contributed by atoms with Gasteiger partial charge in [-0.15, -0.1) is 0 Å². The minimum Gasteiger partial charge on any atom is -0.445 e. The summed E-state index contributed by atoms with van der Waals surface area (Å²) >= 11 is 0. The van der Waals surface area contributed by atoms with E-state index < -0.39 is 30.6 Å². The van der Waals surface area contributed by atoms with Crippen molar-refractivity contribution in [2.24, 2.45) is 0 Å². The molecule has 0 aliphatic rings. The highest BCUT2D eigenvalue weighted by atomic mass is 19.4. The molecule has 15 heavy (non-hydrogen) atoms. The molecule has 0 saturated heterocycles. The van der Waals surface area contributed by atoms with E-state index in [2.05, 4.69) is 4.74 Å². The SMILES string of the molecule is Fc1ccc(OC(F)F)c([B-](F)(F)F)c1. The van der Waals surface area contributed by atoms with Gasteiger partial charge in [-0.25, -0.2) is 4.39 Å². The van der Waals surface area contributed by atoms with Crippen molar-refractivity contribution in [2.75, 3.05) is 0 Å². The molecule has 1 aromatic carbocycles. The summed E-state index contributed by atoms with van der Waals surface area (Å²) in [4.78, 5) is 0. The fourth-order valence-corrected chi connectivity index (χ4v) is 0.978. The van der Waals surface area contributed by atoms with Crippen LogP contribution in [0.2, 0.25) is 0 Å². The molecule has 0 N–H and O–H groups in total. The van der Waals surface area contributed by atoms with E-state index in [9.17, 15) is 26.1 Å². The van der Waals surface area contributed by atoms with Gasteiger partial charge in [0.05, 0.1) is 5.75 Å². The predicted molar refractivity (Wildman–Crippen MR) is 41.7 cm³/mol. The van der Waals surface area contributed by atoms with Crippen LogP contribution < -0.4 is 10.2 Å². The summed E-state index contributed by atoms with van der Waals surface area (Å²) in [5, 5.41) is 0. The van der Waals surface area contributed by atoms with Crippen LogP contribution in [0.4, 0.5) is 26.1 Å². The van der Waals surface area contributed by atoms with Gasteiger partial charge in [-0.3, -0.25) is 0 Å². The average molecular weight is 229 g/mol. The number of rotatable bonds is 3. The monoisotopic (exact) mass is 229 g/mol. The highest BCUT2D eigenvalue weighted by Crippen LogP contribution is 2.20. The van der Waals surface area contributed by atoms with Crippen LogP contribution in [0.15, 0.2) is 18.2 Å². The van der Waals surface area contributed by atoms with Gasteiger partial charge in [-0.2, -0.15) is 8.78 Å². The van der Waals surface area contributed by atoms with Gasteiger partial charge in [0.15, 0.2) is 0 Å². The van der Waals surface area contributed by atoms with E-state index >= 15 is 0 Å². The second-order valence-electron chi connectivity index (χ2n) is 2.64. The zero-order chi connectivity index (χ0) is 11.6. The first kappa shape index (κ1) is 11.7. The zero-order valence-electron chi connectivity index (χ0n) is 7.06. The molecule has 1 nitrogen and oxygen atoms in total. The Bertz CT molecular complexity index is 350. The van der Waals surface area contributed by atoms with Crippen LogP contribution in [0.1, 0.15) is 0 Å². The Morgan fingerprint density at radius 2 is 1.73 bits per heavy atom. The van der Waals surface area contributed by atoms with E-state index in [0.717, 1.165) is 0 Å². The van der Waals surface area contributed by atoms with Crippen molar-refractivity contribution < 1.29 is 30.9 Å². The fraction of sp³-hybridized carbons (Fsp3) is 0.143. The molecule has 0 atom stereocenters. The second-order valence-corrected chi connectivity index (χ2v) is 2.64. The summed E-state index contributed by atoms with van der Waals surface area (Å²) in [5.41, 5.74) is -1.50. The summed E-state index contributed by atoms with van der Waals surface area (Å²) in [7, 11) is 0. The molecular formula is C7H4BF6O-. The standard InChI is InChI=1S/C7H4BF6O/c9-4-1-2-6(15-7(10)11)5(3-4)8(12,13)14/h1-3,7H/q-1. The van der Waals surface area contributed by atoms with Crippen molar-refractivity contribution in [3.8, 4) is 5.75 Å². The minimum atomic E-state index is -5.58. The van der Waals surface area contributed by atoms with E-state index in [1.165, 1.54) is 0 Å². The first-order chi connectivity index (χ1) is 6.80. The Balaban J connectivity index is 3.15. The van der Waals surface area contributed by atoms with Crippen molar-refractivity contribution in [3.63, 3.8) is 0 Å². The molecule has 0 aromatic heterocycles. The summed E-state index contributed by atoms with van der Waals surface area (Å²) < 4.78 is 76.3. The lowest BCUT2D eigenvalue weighted by molar-refractivity contribution is -0.0493. The molecule has 1 aromatic rings. The van der Waals surface area contributed by atoms with Crippen molar-refractivity contribution in [3.05, 3.63) is 24.0 Å². The maximum Gasteiger partial charge on any atom is 0.513 e. The van der Waals surface area contributed by atoms with Crippen LogP contribution in [0.3, 0.4) is 0 Å². The molecule has 0 radical (unpaired) electrons. The van der Waals surface area contributed by atoms with Gasteiger partial charge < -0.3 is 17.7 Å². The number of benzene rings is 1. The molecule has 0 unspecified atom stereocenters. The Labute approximate surface area is 80.7 Å². The number of ether oxygens (including phenoxy) is 1. The topological polar surface area (TPSA) is 9.23 Å². The first-order valence-electron chi connectivity index (χ1n) is 3.75. The molecule has 1 rings (SSSR count). The molecule has 0 spiro atoms. The van der Waals surface area contributed by atoms with Crippen LogP contribution >= 0.6 is 0 Å². The maximum atomic E-state index is 12.5. The summed E-state index contributed by atoms with van der Waals surface area (Å²) in [5.74, 6) is -2.23. The maximum absolute atomic E-state index is 12.5. The van der Waals surface area contributed by atoms with Crippen LogP contribution in [-0.4, -0.2) is 13.6 Å². The van der Waals surface area contributed by atoms with Crippen molar-refractivity contribution >= 4 is 12.4 Å². The normalized spacial score (nSPS) is 11.9. The van der Waals surface area contributed by atoms with E-state index in [0.29, 0.717) is 12.1 Å². The van der Waals surface area contributed by atoms with Gasteiger partial charge in [-0.05, 0) is 18.2 Å². The largest absolute Gasteiger partial charge is 0.513 e. The second kappa shape index (κ2) is 4.04. The molecule has 0 bridgehead atoms. The van der Waals surface area contributed by atoms with Crippen molar-refractivity contribution in [2.45, 2.75) is 6.61 Å². The van der Waals surface area contributed by atoms with Crippen LogP contribution in [0.5, 0.6) is 5.75 Å². The molecule has 8 heteroatoms. The molecule has 0 aliphatic carbocycles. The third-order valence-electron chi connectivity index (χ3n) is 1.54. The Hall–Kier alpha value is -1.34. The number of hydrogen-bond donors (Lipinski definition) is 0. The average Bonchev–Trinajstić information content (AvgIpc) is 2.05. The van der Waals surface area contributed by atoms with E-state index in [4.69, 9.17) is 0 Å². The Kier molecular flexibility index (Phi) is 3.16. The number of hydrogen-bond acceptors (Lipinski definition) is 1. The van der Waals surface area contributed by atoms with Crippen molar-refractivity contribution in [1.29, 1.82) is 0 Å². The lowest BCUT2D eigenvalue weighted by Crippen LogP contribution is -2.36.